The Hall–Kier alpha value is -1.03. The van der Waals surface area contributed by atoms with Crippen LogP contribution in [0.25, 0.3) is 0 Å². The van der Waals surface area contributed by atoms with Gasteiger partial charge in [0.05, 0.1) is 4.47 Å². The van der Waals surface area contributed by atoms with Gasteiger partial charge >= 0.3 is 0 Å². The highest BCUT2D eigenvalue weighted by Gasteiger charge is 2.16. The fourth-order valence-electron chi connectivity index (χ4n) is 1.63. The number of benzene rings is 1. The van der Waals surface area contributed by atoms with Gasteiger partial charge in [-0.3, -0.25) is 0 Å². The molecule has 0 amide bonds. The van der Waals surface area contributed by atoms with Gasteiger partial charge in [-0.1, -0.05) is 0 Å². The summed E-state index contributed by atoms with van der Waals surface area (Å²) in [6.45, 7) is 2.76. The fraction of sp³-hybridized carbons (Fsp3) is 0.417. The number of carbonyl (C=O) groups is 1. The predicted molar refractivity (Wildman–Crippen MR) is 64.1 cm³/mol. The molecule has 0 radical (unpaired) electrons. The van der Waals surface area contributed by atoms with Crippen molar-refractivity contribution >= 4 is 21.7 Å². The van der Waals surface area contributed by atoms with E-state index in [1.54, 1.807) is 6.92 Å². The van der Waals surface area contributed by atoms with Crippen molar-refractivity contribution in [2.45, 2.75) is 19.8 Å². The molecule has 0 unspecified atom stereocenters. The zero-order valence-electron chi connectivity index (χ0n) is 9.09. The lowest BCUT2D eigenvalue weighted by molar-refractivity contribution is -0.116. The minimum absolute atomic E-state index is 0.200. The third kappa shape index (κ3) is 2.55. The maximum Gasteiger partial charge on any atom is 0.175 e. The van der Waals surface area contributed by atoms with E-state index in [0.717, 1.165) is 28.0 Å². The molecule has 3 nitrogen and oxygen atoms in total. The molecule has 1 heterocycles. The second-order valence-corrected chi connectivity index (χ2v) is 4.66. The Morgan fingerprint density at radius 2 is 2.12 bits per heavy atom. The number of ether oxygens (including phenoxy) is 2. The molecule has 2 rings (SSSR count). The van der Waals surface area contributed by atoms with E-state index < -0.39 is 0 Å². The topological polar surface area (TPSA) is 35.5 Å². The van der Waals surface area contributed by atoms with Crippen molar-refractivity contribution in [2.75, 3.05) is 13.2 Å². The largest absolute Gasteiger partial charge is 0.486 e. The van der Waals surface area contributed by atoms with Gasteiger partial charge in [0.2, 0.25) is 0 Å². The first-order chi connectivity index (χ1) is 7.66. The second-order valence-electron chi connectivity index (χ2n) is 3.80. The lowest BCUT2D eigenvalue weighted by Gasteiger charge is -2.20. The molecule has 0 saturated carbocycles. The molecule has 86 valence electrons. The molecule has 1 aromatic carbocycles. The van der Waals surface area contributed by atoms with Crippen LogP contribution in [0.5, 0.6) is 11.5 Å². The van der Waals surface area contributed by atoms with Crippen molar-refractivity contribution in [3.8, 4) is 11.5 Å². The molecule has 0 N–H and O–H groups in total. The van der Waals surface area contributed by atoms with Gasteiger partial charge in [0, 0.05) is 6.42 Å². The maximum atomic E-state index is 10.9. The first kappa shape index (κ1) is 11.5. The Kier molecular flexibility index (Phi) is 3.49. The highest BCUT2D eigenvalue weighted by atomic mass is 79.9. The van der Waals surface area contributed by atoms with Crippen molar-refractivity contribution < 1.29 is 14.3 Å². The molecule has 1 aromatic rings. The Morgan fingerprint density at radius 3 is 2.88 bits per heavy atom. The smallest absolute Gasteiger partial charge is 0.175 e. The van der Waals surface area contributed by atoms with E-state index in [-0.39, 0.29) is 5.78 Å². The zero-order valence-corrected chi connectivity index (χ0v) is 10.7. The molecular formula is C12H13BrO3. The number of carbonyl (C=O) groups excluding carboxylic acids is 1. The average Bonchev–Trinajstić information content (AvgIpc) is 2.26. The van der Waals surface area contributed by atoms with Crippen LogP contribution in [0.3, 0.4) is 0 Å². The van der Waals surface area contributed by atoms with Crippen LogP contribution in [0.1, 0.15) is 18.9 Å². The number of rotatable bonds is 3. The predicted octanol–water partition coefficient (Wildman–Crippen LogP) is 2.74. The highest BCUT2D eigenvalue weighted by Crippen LogP contribution is 2.38. The van der Waals surface area contributed by atoms with Gasteiger partial charge in [-0.2, -0.15) is 0 Å². The zero-order chi connectivity index (χ0) is 11.5. The fourth-order valence-corrected chi connectivity index (χ4v) is 2.23. The van der Waals surface area contributed by atoms with E-state index in [1.165, 1.54) is 0 Å². The monoisotopic (exact) mass is 284 g/mol. The van der Waals surface area contributed by atoms with Gasteiger partial charge in [0.15, 0.2) is 11.5 Å². The van der Waals surface area contributed by atoms with E-state index in [9.17, 15) is 4.79 Å². The van der Waals surface area contributed by atoms with Crippen LogP contribution in [-0.2, 0) is 11.2 Å². The van der Waals surface area contributed by atoms with Gasteiger partial charge in [0.1, 0.15) is 19.0 Å². The number of hydrogen-bond acceptors (Lipinski definition) is 3. The van der Waals surface area contributed by atoms with Crippen LogP contribution >= 0.6 is 15.9 Å². The first-order valence-electron chi connectivity index (χ1n) is 5.24. The van der Waals surface area contributed by atoms with Gasteiger partial charge in [0.25, 0.3) is 0 Å². The number of Topliss-reactive ketones (excluding diaryl/α,β-unsaturated/α-hetero) is 1. The van der Waals surface area contributed by atoms with Gasteiger partial charge in [-0.15, -0.1) is 0 Å². The molecule has 0 aliphatic carbocycles. The summed E-state index contributed by atoms with van der Waals surface area (Å²) < 4.78 is 11.9. The van der Waals surface area contributed by atoms with E-state index >= 15 is 0 Å². The summed E-state index contributed by atoms with van der Waals surface area (Å²) in [6.07, 6.45) is 1.30. The van der Waals surface area contributed by atoms with E-state index in [4.69, 9.17) is 9.47 Å². The van der Waals surface area contributed by atoms with E-state index in [2.05, 4.69) is 15.9 Å². The summed E-state index contributed by atoms with van der Waals surface area (Å²) in [5.41, 5.74) is 1.09. The summed E-state index contributed by atoms with van der Waals surface area (Å²) in [5.74, 6) is 1.73. The Bertz CT molecular complexity index is 415. The van der Waals surface area contributed by atoms with Crippen molar-refractivity contribution in [1.29, 1.82) is 0 Å². The summed E-state index contributed by atoms with van der Waals surface area (Å²) in [4.78, 5) is 10.9. The summed E-state index contributed by atoms with van der Waals surface area (Å²) in [5, 5.41) is 0. The maximum absolute atomic E-state index is 10.9. The Morgan fingerprint density at radius 1 is 1.38 bits per heavy atom. The van der Waals surface area contributed by atoms with Crippen LogP contribution in [0, 0.1) is 0 Å². The molecule has 1 aliphatic rings. The average molecular weight is 285 g/mol. The van der Waals surface area contributed by atoms with Crippen LogP contribution in [0.2, 0.25) is 0 Å². The number of ketones is 1. The quantitative estimate of drug-likeness (QED) is 0.856. The van der Waals surface area contributed by atoms with Crippen molar-refractivity contribution in [3.05, 3.63) is 22.2 Å². The molecule has 0 atom stereocenters. The number of hydrogen-bond donors (Lipinski definition) is 0. The third-order valence-corrected chi connectivity index (χ3v) is 3.01. The second kappa shape index (κ2) is 4.87. The summed E-state index contributed by atoms with van der Waals surface area (Å²) >= 11 is 3.45. The molecule has 4 heteroatoms. The molecule has 16 heavy (non-hydrogen) atoms. The number of aryl methyl sites for hydroxylation is 1. The van der Waals surface area contributed by atoms with Gasteiger partial charge in [-0.05, 0) is 47.0 Å². The molecule has 1 aliphatic heterocycles. The summed E-state index contributed by atoms with van der Waals surface area (Å²) in [7, 11) is 0. The van der Waals surface area contributed by atoms with Crippen molar-refractivity contribution in [1.82, 2.24) is 0 Å². The standard InChI is InChI=1S/C12H13BrO3/c1-8(14)2-3-9-6-10(13)12-11(7-9)15-4-5-16-12/h6-7H,2-5H2,1H3. The Balaban J connectivity index is 2.21. The molecule has 0 spiro atoms. The SMILES string of the molecule is CC(=O)CCc1cc(Br)c2c(c1)OCCO2. The van der Waals surface area contributed by atoms with E-state index in [0.29, 0.717) is 19.6 Å². The first-order valence-corrected chi connectivity index (χ1v) is 6.03. The number of halogens is 1. The van der Waals surface area contributed by atoms with Crippen molar-refractivity contribution in [3.63, 3.8) is 0 Å². The van der Waals surface area contributed by atoms with Crippen LogP contribution in [0.4, 0.5) is 0 Å². The van der Waals surface area contributed by atoms with Gasteiger partial charge < -0.3 is 14.3 Å². The van der Waals surface area contributed by atoms with Gasteiger partial charge in [-0.25, -0.2) is 0 Å². The number of fused-ring (bicyclic) bond motifs is 1. The summed E-state index contributed by atoms with van der Waals surface area (Å²) in [6, 6.07) is 3.93. The molecule has 0 bridgehead atoms. The molecule has 0 saturated heterocycles. The third-order valence-electron chi connectivity index (χ3n) is 2.42. The van der Waals surface area contributed by atoms with Crippen LogP contribution < -0.4 is 9.47 Å². The molecule has 0 fully saturated rings. The minimum atomic E-state index is 0.200. The van der Waals surface area contributed by atoms with Crippen LogP contribution in [0.15, 0.2) is 16.6 Å². The molecular weight excluding hydrogens is 272 g/mol. The lowest BCUT2D eigenvalue weighted by Crippen LogP contribution is -2.16. The highest BCUT2D eigenvalue weighted by molar-refractivity contribution is 9.10. The Labute approximate surface area is 103 Å². The van der Waals surface area contributed by atoms with Crippen LogP contribution in [-0.4, -0.2) is 19.0 Å². The minimum Gasteiger partial charge on any atom is -0.486 e. The lowest BCUT2D eigenvalue weighted by atomic mass is 10.1. The normalized spacial score (nSPS) is 13.6. The van der Waals surface area contributed by atoms with E-state index in [1.807, 2.05) is 12.1 Å². The van der Waals surface area contributed by atoms with Crippen molar-refractivity contribution in [2.24, 2.45) is 0 Å². The molecule has 0 aromatic heterocycles.